The molecule has 0 aliphatic heterocycles. The van der Waals surface area contributed by atoms with Crippen LogP contribution in [0.25, 0.3) is 33.3 Å². The minimum atomic E-state index is 0.461. The number of hydrogen-bond acceptors (Lipinski definition) is 2. The van der Waals surface area contributed by atoms with Crippen molar-refractivity contribution in [2.75, 3.05) is 0 Å². The second-order valence-electron chi connectivity index (χ2n) is 9.58. The van der Waals surface area contributed by atoms with E-state index in [1.807, 2.05) is 0 Å². The van der Waals surface area contributed by atoms with Gasteiger partial charge in [-0.25, -0.2) is 9.97 Å². The molecule has 156 valence electrons. The number of rotatable bonds is 4. The van der Waals surface area contributed by atoms with Crippen molar-refractivity contribution in [1.82, 2.24) is 9.97 Å². The fraction of sp³-hybridized carbons (Fsp3) is 0.310. The second kappa shape index (κ2) is 7.92. The molecule has 0 spiro atoms. The Bertz CT molecular complexity index is 1270. The topological polar surface area (TPSA) is 25.8 Å². The number of nitrogens with zero attached hydrogens (tertiary/aromatic N) is 2. The number of hydrogen-bond donors (Lipinski definition) is 0. The highest BCUT2D eigenvalue weighted by molar-refractivity contribution is 5.91. The Morgan fingerprint density at radius 2 is 1.65 bits per heavy atom. The number of fused-ring (bicyclic) bond motifs is 4. The SMILES string of the molecule is CC(C)Cc1ccc2c(c1)CCc1c(-c3cc(C(C)C)c4ccccc4c3)ncnc1-2. The molecular formula is C29H30N2. The van der Waals surface area contributed by atoms with E-state index in [-0.39, 0.29) is 0 Å². The van der Waals surface area contributed by atoms with Crippen LogP contribution in [0.5, 0.6) is 0 Å². The molecule has 5 rings (SSSR count). The van der Waals surface area contributed by atoms with E-state index in [1.165, 1.54) is 44.2 Å². The van der Waals surface area contributed by atoms with Crippen LogP contribution in [0.3, 0.4) is 0 Å². The van der Waals surface area contributed by atoms with Gasteiger partial charge in [0, 0.05) is 16.7 Å². The molecule has 1 heterocycles. The summed E-state index contributed by atoms with van der Waals surface area (Å²) >= 11 is 0. The van der Waals surface area contributed by atoms with Crippen LogP contribution in [0.4, 0.5) is 0 Å². The molecule has 0 atom stereocenters. The number of aromatic nitrogens is 2. The lowest BCUT2D eigenvalue weighted by Crippen LogP contribution is -2.10. The lowest BCUT2D eigenvalue weighted by molar-refractivity contribution is 0.646. The van der Waals surface area contributed by atoms with Crippen molar-refractivity contribution in [1.29, 1.82) is 0 Å². The van der Waals surface area contributed by atoms with Gasteiger partial charge in [0.2, 0.25) is 0 Å². The molecule has 2 nitrogen and oxygen atoms in total. The second-order valence-corrected chi connectivity index (χ2v) is 9.58. The van der Waals surface area contributed by atoms with Crippen LogP contribution in [0.1, 0.15) is 55.9 Å². The smallest absolute Gasteiger partial charge is 0.116 e. The number of aryl methyl sites for hydroxylation is 1. The molecule has 0 amide bonds. The predicted octanol–water partition coefficient (Wildman–Crippen LogP) is 7.38. The molecule has 3 aromatic carbocycles. The van der Waals surface area contributed by atoms with Crippen molar-refractivity contribution in [2.24, 2.45) is 5.92 Å². The van der Waals surface area contributed by atoms with E-state index < -0.39 is 0 Å². The van der Waals surface area contributed by atoms with Gasteiger partial charge in [-0.2, -0.15) is 0 Å². The fourth-order valence-corrected chi connectivity index (χ4v) is 5.03. The van der Waals surface area contributed by atoms with Gasteiger partial charge in [-0.1, -0.05) is 70.2 Å². The van der Waals surface area contributed by atoms with Crippen LogP contribution in [0, 0.1) is 5.92 Å². The van der Waals surface area contributed by atoms with Gasteiger partial charge in [-0.15, -0.1) is 0 Å². The van der Waals surface area contributed by atoms with Crippen LogP contribution in [-0.2, 0) is 19.3 Å². The first-order chi connectivity index (χ1) is 15.0. The van der Waals surface area contributed by atoms with Gasteiger partial charge in [0.25, 0.3) is 0 Å². The monoisotopic (exact) mass is 406 g/mol. The minimum Gasteiger partial charge on any atom is -0.236 e. The molecule has 31 heavy (non-hydrogen) atoms. The van der Waals surface area contributed by atoms with E-state index in [0.717, 1.165) is 30.7 Å². The summed E-state index contributed by atoms with van der Waals surface area (Å²) in [5.74, 6) is 1.13. The van der Waals surface area contributed by atoms with E-state index in [1.54, 1.807) is 6.33 Å². The van der Waals surface area contributed by atoms with Gasteiger partial charge in [0.05, 0.1) is 11.4 Å². The van der Waals surface area contributed by atoms with Gasteiger partial charge in [0.1, 0.15) is 6.33 Å². The Morgan fingerprint density at radius 1 is 0.839 bits per heavy atom. The van der Waals surface area contributed by atoms with Gasteiger partial charge in [-0.3, -0.25) is 0 Å². The maximum Gasteiger partial charge on any atom is 0.116 e. The summed E-state index contributed by atoms with van der Waals surface area (Å²) < 4.78 is 0. The number of benzene rings is 3. The molecule has 0 radical (unpaired) electrons. The average molecular weight is 407 g/mol. The van der Waals surface area contributed by atoms with Crippen molar-refractivity contribution in [3.05, 3.63) is 83.2 Å². The van der Waals surface area contributed by atoms with Crippen molar-refractivity contribution in [2.45, 2.75) is 52.9 Å². The summed E-state index contributed by atoms with van der Waals surface area (Å²) in [5, 5.41) is 2.62. The molecule has 0 bridgehead atoms. The largest absolute Gasteiger partial charge is 0.236 e. The maximum absolute atomic E-state index is 4.79. The first kappa shape index (κ1) is 19.9. The average Bonchev–Trinajstić information content (AvgIpc) is 2.77. The summed E-state index contributed by atoms with van der Waals surface area (Å²) in [7, 11) is 0. The molecular weight excluding hydrogens is 376 g/mol. The lowest BCUT2D eigenvalue weighted by atomic mass is 9.84. The summed E-state index contributed by atoms with van der Waals surface area (Å²) in [6.07, 6.45) is 4.92. The molecule has 4 aromatic rings. The zero-order valence-electron chi connectivity index (χ0n) is 18.9. The van der Waals surface area contributed by atoms with Gasteiger partial charge < -0.3 is 0 Å². The quantitative estimate of drug-likeness (QED) is 0.353. The summed E-state index contributed by atoms with van der Waals surface area (Å²) in [6, 6.07) is 20.3. The van der Waals surface area contributed by atoms with Crippen LogP contribution in [0.15, 0.2) is 60.9 Å². The van der Waals surface area contributed by atoms with Crippen molar-refractivity contribution < 1.29 is 0 Å². The van der Waals surface area contributed by atoms with E-state index >= 15 is 0 Å². The minimum absolute atomic E-state index is 0.461. The molecule has 1 aromatic heterocycles. The van der Waals surface area contributed by atoms with Gasteiger partial charge >= 0.3 is 0 Å². The van der Waals surface area contributed by atoms with E-state index in [2.05, 4.69) is 82.3 Å². The zero-order valence-corrected chi connectivity index (χ0v) is 18.9. The molecule has 0 saturated heterocycles. The summed E-state index contributed by atoms with van der Waals surface area (Å²) in [5.41, 5.74) is 10.2. The Hall–Kier alpha value is -3.00. The Kier molecular flexibility index (Phi) is 5.09. The maximum atomic E-state index is 4.79. The first-order valence-corrected chi connectivity index (χ1v) is 11.5. The van der Waals surface area contributed by atoms with Crippen LogP contribution in [-0.4, -0.2) is 9.97 Å². The molecule has 0 saturated carbocycles. The molecule has 0 unspecified atom stereocenters. The molecule has 0 fully saturated rings. The highest BCUT2D eigenvalue weighted by Crippen LogP contribution is 2.39. The Morgan fingerprint density at radius 3 is 2.45 bits per heavy atom. The van der Waals surface area contributed by atoms with Crippen LogP contribution >= 0.6 is 0 Å². The normalized spacial score (nSPS) is 13.0. The zero-order chi connectivity index (χ0) is 21.5. The van der Waals surface area contributed by atoms with Crippen molar-refractivity contribution in [3.63, 3.8) is 0 Å². The first-order valence-electron chi connectivity index (χ1n) is 11.5. The predicted molar refractivity (Wildman–Crippen MR) is 130 cm³/mol. The Labute approximate surface area is 185 Å². The van der Waals surface area contributed by atoms with Crippen molar-refractivity contribution in [3.8, 4) is 22.5 Å². The van der Waals surface area contributed by atoms with Gasteiger partial charge in [-0.05, 0) is 70.7 Å². The third-order valence-corrected chi connectivity index (χ3v) is 6.45. The third-order valence-electron chi connectivity index (χ3n) is 6.45. The lowest BCUT2D eigenvalue weighted by Gasteiger charge is -2.22. The van der Waals surface area contributed by atoms with Crippen LogP contribution < -0.4 is 0 Å². The van der Waals surface area contributed by atoms with Crippen molar-refractivity contribution >= 4 is 10.8 Å². The van der Waals surface area contributed by atoms with Gasteiger partial charge in [0.15, 0.2) is 0 Å². The third kappa shape index (κ3) is 3.65. The fourth-order valence-electron chi connectivity index (χ4n) is 5.03. The highest BCUT2D eigenvalue weighted by atomic mass is 14.8. The standard InChI is InChI=1S/C29H30N2/c1-18(2)13-20-9-11-25-22(14-20)10-12-26-28(30-17-31-29(25)26)23-15-21-7-5-6-8-24(21)27(16-23)19(3)4/h5-9,11,14-19H,10,12-13H2,1-4H3. The molecule has 1 aliphatic rings. The summed E-state index contributed by atoms with van der Waals surface area (Å²) in [4.78, 5) is 9.53. The van der Waals surface area contributed by atoms with Crippen LogP contribution in [0.2, 0.25) is 0 Å². The Balaban J connectivity index is 1.65. The van der Waals surface area contributed by atoms with E-state index in [9.17, 15) is 0 Å². The highest BCUT2D eigenvalue weighted by Gasteiger charge is 2.22. The molecule has 0 N–H and O–H groups in total. The summed E-state index contributed by atoms with van der Waals surface area (Å²) in [6.45, 7) is 9.10. The molecule has 2 heteroatoms. The van der Waals surface area contributed by atoms with E-state index in [4.69, 9.17) is 9.97 Å². The molecule has 1 aliphatic carbocycles. The van der Waals surface area contributed by atoms with E-state index in [0.29, 0.717) is 11.8 Å².